The summed E-state index contributed by atoms with van der Waals surface area (Å²) in [7, 11) is 0. The number of carbonyl (C=O) groups is 2. The first-order chi connectivity index (χ1) is 11.1. The van der Waals surface area contributed by atoms with E-state index in [1.165, 1.54) is 0 Å². The molecule has 2 N–H and O–H groups in total. The minimum atomic E-state index is -0.203. The molecular weight excluding hydrogens is 312 g/mol. The second-order valence-electron chi connectivity index (χ2n) is 5.10. The summed E-state index contributed by atoms with van der Waals surface area (Å²) in [5.74, 6) is -0.225. The van der Waals surface area contributed by atoms with Gasteiger partial charge in [0, 0.05) is 30.1 Å². The molecule has 5 heteroatoms. The number of hydrogen-bond donors (Lipinski definition) is 2. The van der Waals surface area contributed by atoms with E-state index in [1.54, 1.807) is 24.3 Å². The fourth-order valence-electron chi connectivity index (χ4n) is 2.10. The van der Waals surface area contributed by atoms with E-state index in [4.69, 9.17) is 11.6 Å². The fraction of sp³-hybridized carbons (Fsp3) is 0.222. The van der Waals surface area contributed by atoms with Crippen LogP contribution in [0.4, 0.5) is 0 Å². The van der Waals surface area contributed by atoms with Gasteiger partial charge in [0.25, 0.3) is 5.91 Å². The van der Waals surface area contributed by atoms with E-state index in [-0.39, 0.29) is 11.8 Å². The van der Waals surface area contributed by atoms with Crippen LogP contribution in [-0.4, -0.2) is 24.9 Å². The summed E-state index contributed by atoms with van der Waals surface area (Å²) >= 11 is 5.84. The van der Waals surface area contributed by atoms with Gasteiger partial charge in [0.1, 0.15) is 0 Å². The maximum absolute atomic E-state index is 11.9. The number of aryl methyl sites for hydroxylation is 1. The molecule has 0 aliphatic carbocycles. The Morgan fingerprint density at radius 1 is 0.913 bits per heavy atom. The third-order valence-electron chi connectivity index (χ3n) is 3.30. The van der Waals surface area contributed by atoms with Crippen LogP contribution in [0.2, 0.25) is 5.02 Å². The van der Waals surface area contributed by atoms with Crippen molar-refractivity contribution < 1.29 is 9.59 Å². The number of amides is 2. The highest BCUT2D eigenvalue weighted by Crippen LogP contribution is 2.10. The molecule has 0 aliphatic heterocycles. The van der Waals surface area contributed by atoms with Crippen LogP contribution < -0.4 is 10.6 Å². The second kappa shape index (κ2) is 8.96. The number of benzene rings is 2. The highest BCUT2D eigenvalue weighted by Gasteiger charge is 2.06. The molecule has 0 unspecified atom stereocenters. The SMILES string of the molecule is O=C(CCc1ccccc1)NCCNC(=O)c1cccc(Cl)c1. The zero-order chi connectivity index (χ0) is 16.5. The summed E-state index contributed by atoms with van der Waals surface area (Å²) < 4.78 is 0. The average molecular weight is 331 g/mol. The second-order valence-corrected chi connectivity index (χ2v) is 5.54. The van der Waals surface area contributed by atoms with Crippen LogP contribution in [0, 0.1) is 0 Å². The normalized spacial score (nSPS) is 10.1. The van der Waals surface area contributed by atoms with E-state index in [2.05, 4.69) is 10.6 Å². The number of halogens is 1. The molecule has 0 fully saturated rings. The fourth-order valence-corrected chi connectivity index (χ4v) is 2.29. The first-order valence-electron chi connectivity index (χ1n) is 7.49. The van der Waals surface area contributed by atoms with Crippen LogP contribution >= 0.6 is 11.6 Å². The average Bonchev–Trinajstić information content (AvgIpc) is 2.57. The van der Waals surface area contributed by atoms with Crippen molar-refractivity contribution in [3.05, 3.63) is 70.7 Å². The lowest BCUT2D eigenvalue weighted by Gasteiger charge is -2.07. The first kappa shape index (κ1) is 17.0. The van der Waals surface area contributed by atoms with E-state index in [1.807, 2.05) is 30.3 Å². The lowest BCUT2D eigenvalue weighted by Crippen LogP contribution is -2.34. The molecule has 0 saturated carbocycles. The summed E-state index contributed by atoms with van der Waals surface area (Å²) in [5, 5.41) is 6.05. The van der Waals surface area contributed by atoms with E-state index < -0.39 is 0 Å². The van der Waals surface area contributed by atoms with Crippen molar-refractivity contribution in [2.75, 3.05) is 13.1 Å². The van der Waals surface area contributed by atoms with Gasteiger partial charge in [-0.05, 0) is 30.2 Å². The Morgan fingerprint density at radius 3 is 2.39 bits per heavy atom. The molecule has 2 aromatic carbocycles. The topological polar surface area (TPSA) is 58.2 Å². The van der Waals surface area contributed by atoms with Crippen LogP contribution in [-0.2, 0) is 11.2 Å². The number of hydrogen-bond acceptors (Lipinski definition) is 2. The quantitative estimate of drug-likeness (QED) is 0.767. The molecule has 0 saturated heterocycles. The van der Waals surface area contributed by atoms with E-state index in [0.29, 0.717) is 36.5 Å². The summed E-state index contributed by atoms with van der Waals surface area (Å²) in [5.41, 5.74) is 1.64. The molecule has 2 amide bonds. The molecule has 0 heterocycles. The minimum Gasteiger partial charge on any atom is -0.354 e. The lowest BCUT2D eigenvalue weighted by atomic mass is 10.1. The Balaban J connectivity index is 1.63. The van der Waals surface area contributed by atoms with Crippen LogP contribution in [0.3, 0.4) is 0 Å². The molecule has 0 radical (unpaired) electrons. The number of rotatable bonds is 7. The first-order valence-corrected chi connectivity index (χ1v) is 7.87. The molecule has 4 nitrogen and oxygen atoms in total. The Kier molecular flexibility index (Phi) is 6.63. The van der Waals surface area contributed by atoms with Crippen molar-refractivity contribution in [3.63, 3.8) is 0 Å². The zero-order valence-electron chi connectivity index (χ0n) is 12.7. The summed E-state index contributed by atoms with van der Waals surface area (Å²) in [6.45, 7) is 0.780. The van der Waals surface area contributed by atoms with Gasteiger partial charge >= 0.3 is 0 Å². The third kappa shape index (κ3) is 6.12. The molecular formula is C18H19ClN2O2. The lowest BCUT2D eigenvalue weighted by molar-refractivity contribution is -0.121. The molecule has 23 heavy (non-hydrogen) atoms. The Hall–Kier alpha value is -2.33. The summed E-state index contributed by atoms with van der Waals surface area (Å²) in [6.07, 6.45) is 1.15. The molecule has 2 rings (SSSR count). The van der Waals surface area contributed by atoms with Crippen molar-refractivity contribution in [1.29, 1.82) is 0 Å². The molecule has 0 atom stereocenters. The van der Waals surface area contributed by atoms with Crippen molar-refractivity contribution in [2.24, 2.45) is 0 Å². The van der Waals surface area contributed by atoms with Crippen molar-refractivity contribution >= 4 is 23.4 Å². The van der Waals surface area contributed by atoms with E-state index >= 15 is 0 Å². The van der Waals surface area contributed by atoms with Crippen LogP contribution in [0.1, 0.15) is 22.3 Å². The van der Waals surface area contributed by atoms with Gasteiger partial charge in [0.15, 0.2) is 0 Å². The standard InChI is InChI=1S/C18H19ClN2O2/c19-16-8-4-7-15(13-16)18(23)21-12-11-20-17(22)10-9-14-5-2-1-3-6-14/h1-8,13H,9-12H2,(H,20,22)(H,21,23). The van der Waals surface area contributed by atoms with E-state index in [0.717, 1.165) is 5.56 Å². The van der Waals surface area contributed by atoms with Crippen molar-refractivity contribution in [1.82, 2.24) is 10.6 Å². The highest BCUT2D eigenvalue weighted by molar-refractivity contribution is 6.30. The van der Waals surface area contributed by atoms with E-state index in [9.17, 15) is 9.59 Å². The minimum absolute atomic E-state index is 0.0224. The van der Waals surface area contributed by atoms with Gasteiger partial charge in [-0.2, -0.15) is 0 Å². The summed E-state index contributed by atoms with van der Waals surface area (Å²) in [6, 6.07) is 16.6. The summed E-state index contributed by atoms with van der Waals surface area (Å²) in [4.78, 5) is 23.6. The number of nitrogens with one attached hydrogen (secondary N) is 2. The smallest absolute Gasteiger partial charge is 0.251 e. The molecule has 0 aromatic heterocycles. The molecule has 0 aliphatic rings. The molecule has 0 bridgehead atoms. The van der Waals surface area contributed by atoms with Gasteiger partial charge in [0.05, 0.1) is 0 Å². The predicted octanol–water partition coefficient (Wildman–Crippen LogP) is 2.82. The van der Waals surface area contributed by atoms with Gasteiger partial charge in [-0.15, -0.1) is 0 Å². The van der Waals surface area contributed by atoms with Crippen molar-refractivity contribution in [3.8, 4) is 0 Å². The third-order valence-corrected chi connectivity index (χ3v) is 3.54. The maximum atomic E-state index is 11.9. The van der Waals surface area contributed by atoms with Gasteiger partial charge in [-0.25, -0.2) is 0 Å². The Labute approximate surface area is 140 Å². The predicted molar refractivity (Wildman–Crippen MR) is 91.6 cm³/mol. The van der Waals surface area contributed by atoms with Crippen LogP contribution in [0.5, 0.6) is 0 Å². The largest absolute Gasteiger partial charge is 0.354 e. The van der Waals surface area contributed by atoms with Gasteiger partial charge in [-0.1, -0.05) is 48.0 Å². The van der Waals surface area contributed by atoms with Gasteiger partial charge in [0.2, 0.25) is 5.91 Å². The zero-order valence-corrected chi connectivity index (χ0v) is 13.5. The van der Waals surface area contributed by atoms with Gasteiger partial charge < -0.3 is 10.6 Å². The highest BCUT2D eigenvalue weighted by atomic mass is 35.5. The van der Waals surface area contributed by atoms with Gasteiger partial charge in [-0.3, -0.25) is 9.59 Å². The van der Waals surface area contributed by atoms with Crippen LogP contribution in [0.15, 0.2) is 54.6 Å². The Morgan fingerprint density at radius 2 is 1.65 bits per heavy atom. The molecule has 2 aromatic rings. The van der Waals surface area contributed by atoms with Crippen molar-refractivity contribution in [2.45, 2.75) is 12.8 Å². The maximum Gasteiger partial charge on any atom is 0.251 e. The monoisotopic (exact) mass is 330 g/mol. The number of carbonyl (C=O) groups excluding carboxylic acids is 2. The molecule has 120 valence electrons. The Bertz CT molecular complexity index is 659. The van der Waals surface area contributed by atoms with Crippen LogP contribution in [0.25, 0.3) is 0 Å². The molecule has 0 spiro atoms.